The monoisotopic (exact) mass is 394 g/mol. The van der Waals surface area contributed by atoms with Gasteiger partial charge in [0.05, 0.1) is 18.9 Å². The summed E-state index contributed by atoms with van der Waals surface area (Å²) in [6.45, 7) is 5.26. The van der Waals surface area contributed by atoms with Crippen molar-refractivity contribution >= 4 is 17.5 Å². The van der Waals surface area contributed by atoms with E-state index in [0.29, 0.717) is 31.3 Å². The SMILES string of the molecule is Cc1nnnn1-c1cccc(NC(=O)NCc2ccnc(N3CCOCC3)c2)c1. The van der Waals surface area contributed by atoms with E-state index in [9.17, 15) is 4.79 Å². The standard InChI is InChI=1S/C19H22N8O2/c1-14-23-24-25-27(14)17-4-2-3-16(12-17)22-19(28)21-13-15-5-6-20-18(11-15)26-7-9-29-10-8-26/h2-6,11-12H,7-10,13H2,1H3,(H2,21,22,28). The summed E-state index contributed by atoms with van der Waals surface area (Å²) in [5, 5.41) is 17.2. The number of hydrogen-bond acceptors (Lipinski definition) is 7. The molecule has 3 aromatic rings. The zero-order chi connectivity index (χ0) is 20.1. The Labute approximate surface area is 167 Å². The van der Waals surface area contributed by atoms with E-state index < -0.39 is 0 Å². The molecule has 0 radical (unpaired) electrons. The fourth-order valence-electron chi connectivity index (χ4n) is 3.08. The molecule has 0 spiro atoms. The first kappa shape index (κ1) is 18.8. The molecule has 0 unspecified atom stereocenters. The molecule has 150 valence electrons. The number of ether oxygens (including phenoxy) is 1. The summed E-state index contributed by atoms with van der Waals surface area (Å²) in [5.74, 6) is 1.57. The second-order valence-electron chi connectivity index (χ2n) is 6.62. The number of hydrogen-bond donors (Lipinski definition) is 2. The summed E-state index contributed by atoms with van der Waals surface area (Å²) in [4.78, 5) is 18.9. The molecule has 4 rings (SSSR count). The predicted octanol–water partition coefficient (Wildman–Crippen LogP) is 1.52. The molecule has 1 fully saturated rings. The van der Waals surface area contributed by atoms with E-state index >= 15 is 0 Å². The molecule has 2 amide bonds. The van der Waals surface area contributed by atoms with Crippen LogP contribution in [0.25, 0.3) is 5.69 Å². The molecule has 0 aliphatic carbocycles. The second-order valence-corrected chi connectivity index (χ2v) is 6.62. The van der Waals surface area contributed by atoms with E-state index in [-0.39, 0.29) is 6.03 Å². The molecule has 1 aliphatic rings. The lowest BCUT2D eigenvalue weighted by molar-refractivity contribution is 0.122. The first-order valence-corrected chi connectivity index (χ1v) is 9.37. The number of aryl methyl sites for hydroxylation is 1. The Bertz CT molecular complexity index is 984. The molecule has 10 heteroatoms. The van der Waals surface area contributed by atoms with Gasteiger partial charge in [-0.3, -0.25) is 0 Å². The number of carbonyl (C=O) groups excluding carboxylic acids is 1. The number of morpholine rings is 1. The van der Waals surface area contributed by atoms with E-state index in [2.05, 4.69) is 36.0 Å². The van der Waals surface area contributed by atoms with Crippen LogP contribution in [-0.2, 0) is 11.3 Å². The number of nitrogens with one attached hydrogen (secondary N) is 2. The smallest absolute Gasteiger partial charge is 0.319 e. The molecule has 3 heterocycles. The zero-order valence-electron chi connectivity index (χ0n) is 16.1. The highest BCUT2D eigenvalue weighted by Crippen LogP contribution is 2.16. The Kier molecular flexibility index (Phi) is 5.61. The van der Waals surface area contributed by atoms with Gasteiger partial charge < -0.3 is 20.3 Å². The molecule has 1 aliphatic heterocycles. The van der Waals surface area contributed by atoms with E-state index in [1.807, 2.05) is 43.3 Å². The zero-order valence-corrected chi connectivity index (χ0v) is 16.1. The van der Waals surface area contributed by atoms with E-state index in [1.54, 1.807) is 10.9 Å². The lowest BCUT2D eigenvalue weighted by Crippen LogP contribution is -2.36. The molecule has 1 aromatic carbocycles. The topological polar surface area (TPSA) is 110 Å². The van der Waals surface area contributed by atoms with Gasteiger partial charge in [-0.25, -0.2) is 9.78 Å². The molecular weight excluding hydrogens is 372 g/mol. The van der Waals surface area contributed by atoms with Crippen LogP contribution in [0.5, 0.6) is 0 Å². The maximum absolute atomic E-state index is 12.3. The van der Waals surface area contributed by atoms with Gasteiger partial charge in [0.1, 0.15) is 5.82 Å². The first-order valence-electron chi connectivity index (χ1n) is 9.37. The van der Waals surface area contributed by atoms with Crippen molar-refractivity contribution in [1.29, 1.82) is 0 Å². The van der Waals surface area contributed by atoms with E-state index in [1.165, 1.54) is 0 Å². The van der Waals surface area contributed by atoms with Crippen molar-refractivity contribution < 1.29 is 9.53 Å². The number of nitrogens with zero attached hydrogens (tertiary/aromatic N) is 6. The van der Waals surface area contributed by atoms with Crippen LogP contribution >= 0.6 is 0 Å². The Hall–Kier alpha value is -3.53. The number of amides is 2. The highest BCUT2D eigenvalue weighted by atomic mass is 16.5. The Balaban J connectivity index is 1.35. The number of tetrazole rings is 1. The minimum Gasteiger partial charge on any atom is -0.378 e. The quantitative estimate of drug-likeness (QED) is 0.675. The third-order valence-electron chi connectivity index (χ3n) is 4.57. The number of benzene rings is 1. The second kappa shape index (κ2) is 8.65. The van der Waals surface area contributed by atoms with Crippen LogP contribution in [0, 0.1) is 6.92 Å². The Morgan fingerprint density at radius 3 is 2.86 bits per heavy atom. The van der Waals surface area contributed by atoms with Gasteiger partial charge in [0.15, 0.2) is 5.82 Å². The Morgan fingerprint density at radius 1 is 1.21 bits per heavy atom. The third-order valence-corrected chi connectivity index (χ3v) is 4.57. The van der Waals surface area contributed by atoms with Gasteiger partial charge in [-0.1, -0.05) is 6.07 Å². The van der Waals surface area contributed by atoms with Gasteiger partial charge in [-0.2, -0.15) is 4.68 Å². The highest BCUT2D eigenvalue weighted by Gasteiger charge is 2.13. The van der Waals surface area contributed by atoms with Crippen molar-refractivity contribution in [1.82, 2.24) is 30.5 Å². The molecule has 0 saturated carbocycles. The van der Waals surface area contributed by atoms with Gasteiger partial charge in [0.2, 0.25) is 0 Å². The number of pyridine rings is 1. The summed E-state index contributed by atoms with van der Waals surface area (Å²) < 4.78 is 6.98. The summed E-state index contributed by atoms with van der Waals surface area (Å²) >= 11 is 0. The number of anilines is 2. The summed E-state index contributed by atoms with van der Waals surface area (Å²) in [7, 11) is 0. The van der Waals surface area contributed by atoms with E-state index in [0.717, 1.165) is 30.2 Å². The summed E-state index contributed by atoms with van der Waals surface area (Å²) in [5.41, 5.74) is 2.41. The van der Waals surface area contributed by atoms with Gasteiger partial charge in [0, 0.05) is 31.5 Å². The number of aromatic nitrogens is 5. The maximum Gasteiger partial charge on any atom is 0.319 e. The molecule has 2 aromatic heterocycles. The number of rotatable bonds is 5. The largest absolute Gasteiger partial charge is 0.378 e. The number of urea groups is 1. The van der Waals surface area contributed by atoms with Crippen LogP contribution in [0.4, 0.5) is 16.3 Å². The fraction of sp³-hybridized carbons (Fsp3) is 0.316. The minimum absolute atomic E-state index is 0.291. The van der Waals surface area contributed by atoms with Crippen molar-refractivity contribution in [2.24, 2.45) is 0 Å². The predicted molar refractivity (Wildman–Crippen MR) is 107 cm³/mol. The van der Waals surface area contributed by atoms with Crippen molar-refractivity contribution in [2.45, 2.75) is 13.5 Å². The van der Waals surface area contributed by atoms with Gasteiger partial charge in [-0.15, -0.1) is 5.10 Å². The third kappa shape index (κ3) is 4.66. The van der Waals surface area contributed by atoms with Crippen molar-refractivity contribution in [3.05, 3.63) is 54.0 Å². The first-order chi connectivity index (χ1) is 14.2. The van der Waals surface area contributed by atoms with Crippen molar-refractivity contribution in [2.75, 3.05) is 36.5 Å². The average Bonchev–Trinajstić information content (AvgIpc) is 3.19. The minimum atomic E-state index is -0.291. The highest BCUT2D eigenvalue weighted by molar-refractivity contribution is 5.89. The lowest BCUT2D eigenvalue weighted by Gasteiger charge is -2.28. The molecule has 2 N–H and O–H groups in total. The lowest BCUT2D eigenvalue weighted by atomic mass is 10.2. The fourth-order valence-corrected chi connectivity index (χ4v) is 3.08. The van der Waals surface area contributed by atoms with Crippen molar-refractivity contribution in [3.63, 3.8) is 0 Å². The van der Waals surface area contributed by atoms with E-state index in [4.69, 9.17) is 4.74 Å². The van der Waals surface area contributed by atoms with Crippen LogP contribution in [0.2, 0.25) is 0 Å². The summed E-state index contributed by atoms with van der Waals surface area (Å²) in [6.07, 6.45) is 1.76. The molecule has 1 saturated heterocycles. The van der Waals surface area contributed by atoms with Crippen LogP contribution in [-0.4, -0.2) is 57.5 Å². The molecular formula is C19H22N8O2. The number of carbonyl (C=O) groups is 1. The van der Waals surface area contributed by atoms with Crippen LogP contribution in [0.3, 0.4) is 0 Å². The Morgan fingerprint density at radius 2 is 2.07 bits per heavy atom. The summed E-state index contributed by atoms with van der Waals surface area (Å²) in [6, 6.07) is 10.9. The average molecular weight is 394 g/mol. The van der Waals surface area contributed by atoms with Gasteiger partial charge in [0.25, 0.3) is 0 Å². The molecule has 29 heavy (non-hydrogen) atoms. The van der Waals surface area contributed by atoms with Crippen LogP contribution in [0.1, 0.15) is 11.4 Å². The normalized spacial score (nSPS) is 13.9. The van der Waals surface area contributed by atoms with Crippen LogP contribution < -0.4 is 15.5 Å². The van der Waals surface area contributed by atoms with Gasteiger partial charge in [-0.05, 0) is 53.2 Å². The molecule has 10 nitrogen and oxygen atoms in total. The van der Waals surface area contributed by atoms with Crippen molar-refractivity contribution in [3.8, 4) is 5.69 Å². The van der Waals surface area contributed by atoms with Gasteiger partial charge >= 0.3 is 6.03 Å². The molecule has 0 atom stereocenters. The molecule has 0 bridgehead atoms. The van der Waals surface area contributed by atoms with Crippen LogP contribution in [0.15, 0.2) is 42.6 Å². The maximum atomic E-state index is 12.3.